The summed E-state index contributed by atoms with van der Waals surface area (Å²) in [6.45, 7) is 7.17. The molecule has 6 heteroatoms. The second kappa shape index (κ2) is 6.75. The molecule has 0 bridgehead atoms. The van der Waals surface area contributed by atoms with E-state index in [1.807, 2.05) is 13.8 Å². The van der Waals surface area contributed by atoms with Gasteiger partial charge in [-0.15, -0.1) is 0 Å². The van der Waals surface area contributed by atoms with Gasteiger partial charge in [0, 0.05) is 20.2 Å². The van der Waals surface area contributed by atoms with Crippen LogP contribution in [0.1, 0.15) is 27.2 Å². The summed E-state index contributed by atoms with van der Waals surface area (Å²) >= 11 is 0. The molecule has 1 aliphatic rings. The van der Waals surface area contributed by atoms with Crippen LogP contribution in [0.3, 0.4) is 0 Å². The molecule has 1 aliphatic heterocycles. The molecule has 19 heavy (non-hydrogen) atoms. The second-order valence-electron chi connectivity index (χ2n) is 5.57. The van der Waals surface area contributed by atoms with Crippen molar-refractivity contribution in [1.29, 1.82) is 0 Å². The molecule has 1 rings (SSSR count). The molecule has 0 aromatic heterocycles. The van der Waals surface area contributed by atoms with Crippen molar-refractivity contribution in [1.82, 2.24) is 4.90 Å². The van der Waals surface area contributed by atoms with Crippen LogP contribution in [0.15, 0.2) is 5.16 Å². The van der Waals surface area contributed by atoms with Gasteiger partial charge in [0.05, 0.1) is 6.10 Å². The van der Waals surface area contributed by atoms with Gasteiger partial charge in [0.1, 0.15) is 5.92 Å². The van der Waals surface area contributed by atoms with Gasteiger partial charge in [-0.2, -0.15) is 0 Å². The first-order valence-electron chi connectivity index (χ1n) is 6.71. The molecule has 0 aliphatic carbocycles. The molecule has 3 N–H and O–H groups in total. The Morgan fingerprint density at radius 2 is 2.16 bits per heavy atom. The van der Waals surface area contributed by atoms with E-state index in [1.165, 1.54) is 0 Å². The lowest BCUT2D eigenvalue weighted by atomic mass is 9.90. The lowest BCUT2D eigenvalue weighted by molar-refractivity contribution is -0.139. The Balaban J connectivity index is 2.81. The molecular formula is C13H25N3O3. The zero-order valence-corrected chi connectivity index (χ0v) is 12.2. The number of nitrogens with two attached hydrogens (primary N) is 1. The molecule has 3 atom stereocenters. The fourth-order valence-electron chi connectivity index (χ4n) is 2.55. The largest absolute Gasteiger partial charge is 0.409 e. The Labute approximate surface area is 114 Å². The van der Waals surface area contributed by atoms with E-state index in [1.54, 1.807) is 12.0 Å². The van der Waals surface area contributed by atoms with E-state index in [0.29, 0.717) is 19.0 Å². The van der Waals surface area contributed by atoms with Crippen LogP contribution >= 0.6 is 0 Å². The lowest BCUT2D eigenvalue weighted by Gasteiger charge is -2.38. The van der Waals surface area contributed by atoms with E-state index in [4.69, 9.17) is 15.7 Å². The van der Waals surface area contributed by atoms with Crippen LogP contribution in [-0.2, 0) is 9.53 Å². The van der Waals surface area contributed by atoms with Crippen molar-refractivity contribution >= 4 is 11.7 Å². The Morgan fingerprint density at radius 1 is 1.53 bits per heavy atom. The highest BCUT2D eigenvalue weighted by atomic mass is 16.5. The third kappa shape index (κ3) is 3.59. The molecule has 1 amide bonds. The fraction of sp³-hybridized carbons (Fsp3) is 0.846. The maximum Gasteiger partial charge on any atom is 0.233 e. The highest BCUT2D eigenvalue weighted by molar-refractivity contribution is 6.02. The zero-order valence-electron chi connectivity index (χ0n) is 12.2. The monoisotopic (exact) mass is 271 g/mol. The van der Waals surface area contributed by atoms with Crippen molar-refractivity contribution in [3.63, 3.8) is 0 Å². The summed E-state index contributed by atoms with van der Waals surface area (Å²) in [6, 6.07) is 0. The van der Waals surface area contributed by atoms with Crippen LogP contribution < -0.4 is 5.73 Å². The number of hydrogen-bond acceptors (Lipinski definition) is 4. The summed E-state index contributed by atoms with van der Waals surface area (Å²) in [5.74, 6) is -0.248. The van der Waals surface area contributed by atoms with E-state index < -0.39 is 5.92 Å². The minimum atomic E-state index is -0.573. The standard InChI is InChI=1S/C13H25N3O3/c1-8(2)11(12(14)15-18)13(17)16-6-5-9(3)10(7-16)19-4/h8-11,18H,5-7H2,1-4H3,(H2,14,15). The van der Waals surface area contributed by atoms with E-state index in [-0.39, 0.29) is 23.8 Å². The first-order valence-corrected chi connectivity index (χ1v) is 6.71. The Morgan fingerprint density at radius 3 is 2.63 bits per heavy atom. The highest BCUT2D eigenvalue weighted by Crippen LogP contribution is 2.23. The number of ether oxygens (including phenoxy) is 1. The molecule has 1 saturated heterocycles. The SMILES string of the molecule is COC1CN(C(=O)C(C(N)=NO)C(C)C)CCC1C. The Bertz CT molecular complexity index is 344. The molecule has 0 aromatic carbocycles. The average molecular weight is 271 g/mol. The van der Waals surface area contributed by atoms with Gasteiger partial charge < -0.3 is 20.6 Å². The lowest BCUT2D eigenvalue weighted by Crippen LogP contribution is -2.51. The molecule has 3 unspecified atom stereocenters. The first kappa shape index (κ1) is 15.8. The molecular weight excluding hydrogens is 246 g/mol. The molecule has 0 saturated carbocycles. The molecule has 0 radical (unpaired) electrons. The summed E-state index contributed by atoms with van der Waals surface area (Å²) in [5.41, 5.74) is 5.64. The summed E-state index contributed by atoms with van der Waals surface area (Å²) in [6.07, 6.45) is 0.961. The van der Waals surface area contributed by atoms with Gasteiger partial charge in [-0.3, -0.25) is 4.79 Å². The Hall–Kier alpha value is -1.30. The molecule has 6 nitrogen and oxygen atoms in total. The number of likely N-dealkylation sites (tertiary alicyclic amines) is 1. The maximum atomic E-state index is 12.5. The highest BCUT2D eigenvalue weighted by Gasteiger charge is 2.35. The minimum absolute atomic E-state index is 0.0104. The van der Waals surface area contributed by atoms with Gasteiger partial charge in [0.2, 0.25) is 5.91 Å². The predicted octanol–water partition coefficient (Wildman–Crippen LogP) is 0.888. The van der Waals surface area contributed by atoms with Gasteiger partial charge in [-0.05, 0) is 18.3 Å². The smallest absolute Gasteiger partial charge is 0.233 e. The van der Waals surface area contributed by atoms with Crippen LogP contribution in [0.5, 0.6) is 0 Å². The Kier molecular flexibility index (Phi) is 5.60. The number of oxime groups is 1. The topological polar surface area (TPSA) is 88.2 Å². The van der Waals surface area contributed by atoms with Crippen molar-refractivity contribution < 1.29 is 14.7 Å². The van der Waals surface area contributed by atoms with Gasteiger partial charge in [-0.25, -0.2) is 0 Å². The van der Waals surface area contributed by atoms with Crippen molar-refractivity contribution in [3.8, 4) is 0 Å². The number of carbonyl (C=O) groups is 1. The van der Waals surface area contributed by atoms with Gasteiger partial charge in [-0.1, -0.05) is 25.9 Å². The number of methoxy groups -OCH3 is 1. The summed E-state index contributed by atoms with van der Waals surface area (Å²) < 4.78 is 5.41. The number of nitrogens with zero attached hydrogens (tertiary/aromatic N) is 2. The van der Waals surface area contributed by atoms with Crippen molar-refractivity contribution in [2.45, 2.75) is 33.3 Å². The maximum absolute atomic E-state index is 12.5. The third-order valence-electron chi connectivity index (χ3n) is 3.87. The van der Waals surface area contributed by atoms with E-state index in [0.717, 1.165) is 6.42 Å². The van der Waals surface area contributed by atoms with Crippen molar-refractivity contribution in [2.75, 3.05) is 20.2 Å². The molecule has 1 heterocycles. The summed E-state index contributed by atoms with van der Waals surface area (Å²) in [4.78, 5) is 14.3. The van der Waals surface area contributed by atoms with Crippen molar-refractivity contribution in [2.24, 2.45) is 28.6 Å². The average Bonchev–Trinajstić information content (AvgIpc) is 2.38. The van der Waals surface area contributed by atoms with Gasteiger partial charge in [0.25, 0.3) is 0 Å². The number of rotatable bonds is 4. The van der Waals surface area contributed by atoms with E-state index in [2.05, 4.69) is 12.1 Å². The van der Waals surface area contributed by atoms with Crippen molar-refractivity contribution in [3.05, 3.63) is 0 Å². The van der Waals surface area contributed by atoms with E-state index >= 15 is 0 Å². The summed E-state index contributed by atoms with van der Waals surface area (Å²) in [5, 5.41) is 11.8. The van der Waals surface area contributed by atoms with Gasteiger partial charge >= 0.3 is 0 Å². The number of piperidine rings is 1. The number of hydrogen-bond donors (Lipinski definition) is 2. The number of amides is 1. The molecule has 0 aromatic rings. The fourth-order valence-corrected chi connectivity index (χ4v) is 2.55. The third-order valence-corrected chi connectivity index (χ3v) is 3.87. The number of amidine groups is 1. The number of carbonyl (C=O) groups excluding carboxylic acids is 1. The first-order chi connectivity index (χ1) is 8.92. The second-order valence-corrected chi connectivity index (χ2v) is 5.57. The quantitative estimate of drug-likeness (QED) is 0.344. The minimum Gasteiger partial charge on any atom is -0.409 e. The van der Waals surface area contributed by atoms with E-state index in [9.17, 15) is 4.79 Å². The molecule has 110 valence electrons. The van der Waals surface area contributed by atoms with Crippen LogP contribution in [0.25, 0.3) is 0 Å². The van der Waals surface area contributed by atoms with Crippen LogP contribution in [0.2, 0.25) is 0 Å². The molecule has 1 fully saturated rings. The molecule has 0 spiro atoms. The van der Waals surface area contributed by atoms with Crippen LogP contribution in [0, 0.1) is 17.8 Å². The zero-order chi connectivity index (χ0) is 14.6. The predicted molar refractivity (Wildman–Crippen MR) is 72.9 cm³/mol. The van der Waals surface area contributed by atoms with Gasteiger partial charge in [0.15, 0.2) is 5.84 Å². The van der Waals surface area contributed by atoms with Crippen LogP contribution in [-0.4, -0.2) is 48.2 Å². The normalized spacial score (nSPS) is 26.6. The summed E-state index contributed by atoms with van der Waals surface area (Å²) in [7, 11) is 1.67. The van der Waals surface area contributed by atoms with Crippen LogP contribution in [0.4, 0.5) is 0 Å².